The van der Waals surface area contributed by atoms with Gasteiger partial charge < -0.3 is 21.3 Å². The molecule has 1 saturated carbocycles. The van der Waals surface area contributed by atoms with Crippen molar-refractivity contribution >= 4 is 40.5 Å². The minimum absolute atomic E-state index is 0.214. The smallest absolute Gasteiger partial charge is 0.274 e. The molecule has 0 bridgehead atoms. The van der Waals surface area contributed by atoms with Crippen LogP contribution in [-0.2, 0) is 7.05 Å². The van der Waals surface area contributed by atoms with E-state index in [-0.39, 0.29) is 17.9 Å². The highest BCUT2D eigenvalue weighted by Gasteiger charge is 2.26. The van der Waals surface area contributed by atoms with Gasteiger partial charge in [0.25, 0.3) is 11.8 Å². The number of nitrogens with zero attached hydrogens (tertiary/aromatic N) is 5. The first-order chi connectivity index (χ1) is 16.0. The summed E-state index contributed by atoms with van der Waals surface area (Å²) in [7, 11) is 3.46. The van der Waals surface area contributed by atoms with E-state index in [1.807, 2.05) is 30.3 Å². The lowest BCUT2D eigenvalue weighted by Gasteiger charge is -2.09. The number of aromatic nitrogens is 5. The molecule has 0 aliphatic heterocycles. The molecule has 1 aromatic carbocycles. The lowest BCUT2D eigenvalue weighted by atomic mass is 10.3. The summed E-state index contributed by atoms with van der Waals surface area (Å²) in [6.07, 6.45) is 3.49. The molecule has 0 saturated heterocycles. The van der Waals surface area contributed by atoms with Crippen molar-refractivity contribution in [1.82, 2.24) is 29.7 Å². The molecule has 1 aliphatic carbocycles. The Kier molecular flexibility index (Phi) is 5.13. The third kappa shape index (κ3) is 4.20. The van der Waals surface area contributed by atoms with E-state index in [1.54, 1.807) is 26.2 Å². The van der Waals surface area contributed by atoms with E-state index in [9.17, 15) is 9.59 Å². The first-order valence-electron chi connectivity index (χ1n) is 10.6. The molecule has 3 aromatic heterocycles. The lowest BCUT2D eigenvalue weighted by molar-refractivity contribution is 0.0943. The summed E-state index contributed by atoms with van der Waals surface area (Å²) < 4.78 is 2.99. The maximum absolute atomic E-state index is 12.7. The van der Waals surface area contributed by atoms with Crippen molar-refractivity contribution in [3.05, 3.63) is 60.0 Å². The van der Waals surface area contributed by atoms with Crippen LogP contribution < -0.4 is 21.3 Å². The number of nitrogens with one attached hydrogen (secondary N) is 4. The van der Waals surface area contributed by atoms with Gasteiger partial charge in [-0.2, -0.15) is 5.10 Å². The number of para-hydroxylation sites is 1. The molecule has 3 heterocycles. The molecule has 1 aliphatic rings. The first kappa shape index (κ1) is 20.5. The number of imidazole rings is 1. The molecular formula is C22H23N9O2. The second kappa shape index (κ2) is 8.26. The number of hydrogen-bond donors (Lipinski definition) is 4. The number of fused-ring (bicyclic) bond motifs is 1. The van der Waals surface area contributed by atoms with Crippen LogP contribution in [0.15, 0.2) is 48.7 Å². The Hall–Kier alpha value is -4.41. The normalized spacial score (nSPS) is 13.0. The van der Waals surface area contributed by atoms with Crippen LogP contribution in [0.25, 0.3) is 5.65 Å². The van der Waals surface area contributed by atoms with Gasteiger partial charge in [-0.05, 0) is 25.0 Å². The fourth-order valence-electron chi connectivity index (χ4n) is 3.44. The first-order valence-corrected chi connectivity index (χ1v) is 10.6. The van der Waals surface area contributed by atoms with E-state index in [2.05, 4.69) is 36.4 Å². The van der Waals surface area contributed by atoms with E-state index in [4.69, 9.17) is 0 Å². The van der Waals surface area contributed by atoms with Crippen molar-refractivity contribution in [2.45, 2.75) is 18.9 Å². The second-order valence-corrected chi connectivity index (χ2v) is 7.80. The summed E-state index contributed by atoms with van der Waals surface area (Å²) in [6, 6.07) is 12.8. The number of hydrogen-bond acceptors (Lipinski definition) is 7. The molecule has 4 aromatic rings. The quantitative estimate of drug-likeness (QED) is 0.344. The Morgan fingerprint density at radius 3 is 2.48 bits per heavy atom. The standard InChI is InChI=1S/C22H23N9O2/c1-23-15-10-18(29-31-17(12-24-20(15)31)22(33)26-14-8-9-14)27-19-11-16(30(2)28-19)21(32)25-13-6-4-3-5-7-13/h3-7,10-12,14,23H,8-9H2,1-2H3,(H,25,32)(H,26,33)(H,27,28,29). The zero-order chi connectivity index (χ0) is 22.9. The molecule has 2 amide bonds. The van der Waals surface area contributed by atoms with Crippen LogP contribution in [0, 0.1) is 0 Å². The topological polar surface area (TPSA) is 130 Å². The number of amides is 2. The highest BCUT2D eigenvalue weighted by Crippen LogP contribution is 2.24. The monoisotopic (exact) mass is 445 g/mol. The van der Waals surface area contributed by atoms with Crippen molar-refractivity contribution in [2.75, 3.05) is 23.0 Å². The molecule has 168 valence electrons. The van der Waals surface area contributed by atoms with Crippen molar-refractivity contribution in [1.29, 1.82) is 0 Å². The summed E-state index contributed by atoms with van der Waals surface area (Å²) in [4.78, 5) is 29.6. The number of anilines is 4. The van der Waals surface area contributed by atoms with Gasteiger partial charge in [0.05, 0.1) is 11.9 Å². The van der Waals surface area contributed by atoms with Gasteiger partial charge in [0.2, 0.25) is 0 Å². The zero-order valence-corrected chi connectivity index (χ0v) is 18.2. The van der Waals surface area contributed by atoms with Gasteiger partial charge in [-0.3, -0.25) is 14.3 Å². The number of rotatable bonds is 7. The maximum atomic E-state index is 12.7. The maximum Gasteiger partial charge on any atom is 0.274 e. The number of benzene rings is 1. The lowest BCUT2D eigenvalue weighted by Crippen LogP contribution is -2.27. The summed E-state index contributed by atoms with van der Waals surface area (Å²) in [5.41, 5.74) is 2.65. The number of carbonyl (C=O) groups is 2. The largest absolute Gasteiger partial charge is 0.385 e. The molecule has 1 fully saturated rings. The van der Waals surface area contributed by atoms with E-state index in [1.165, 1.54) is 15.4 Å². The minimum atomic E-state index is -0.280. The average Bonchev–Trinajstić information content (AvgIpc) is 3.39. The highest BCUT2D eigenvalue weighted by atomic mass is 16.2. The Bertz CT molecular complexity index is 1340. The molecule has 11 nitrogen and oxygen atoms in total. The van der Waals surface area contributed by atoms with Gasteiger partial charge >= 0.3 is 0 Å². The van der Waals surface area contributed by atoms with Crippen LogP contribution in [0.5, 0.6) is 0 Å². The van der Waals surface area contributed by atoms with Crippen LogP contribution in [-0.4, -0.2) is 49.3 Å². The molecule has 0 atom stereocenters. The summed E-state index contributed by atoms with van der Waals surface area (Å²) >= 11 is 0. The van der Waals surface area contributed by atoms with Gasteiger partial charge in [-0.1, -0.05) is 18.2 Å². The van der Waals surface area contributed by atoms with Gasteiger partial charge in [-0.25, -0.2) is 9.50 Å². The van der Waals surface area contributed by atoms with Gasteiger partial charge in [0, 0.05) is 38.0 Å². The minimum Gasteiger partial charge on any atom is -0.385 e. The SMILES string of the molecule is CNc1cc(Nc2cc(C(=O)Nc3ccccc3)n(C)n2)nn2c(C(=O)NC3CC3)cnc12. The van der Waals surface area contributed by atoms with Crippen molar-refractivity contribution in [3.63, 3.8) is 0 Å². The summed E-state index contributed by atoms with van der Waals surface area (Å²) in [6.45, 7) is 0. The molecule has 0 unspecified atom stereocenters. The fraction of sp³-hybridized carbons (Fsp3) is 0.227. The van der Waals surface area contributed by atoms with Crippen LogP contribution >= 0.6 is 0 Å². The Labute approximate surface area is 189 Å². The summed E-state index contributed by atoms with van der Waals surface area (Å²) in [5, 5.41) is 20.9. The molecule has 0 spiro atoms. The molecule has 4 N–H and O–H groups in total. The van der Waals surface area contributed by atoms with E-state index in [0.29, 0.717) is 40.0 Å². The van der Waals surface area contributed by atoms with Crippen LogP contribution in [0.4, 0.5) is 23.0 Å². The molecule has 5 rings (SSSR count). The Balaban J connectivity index is 1.41. The van der Waals surface area contributed by atoms with Crippen LogP contribution in [0.3, 0.4) is 0 Å². The Morgan fingerprint density at radius 1 is 1.00 bits per heavy atom. The van der Waals surface area contributed by atoms with Crippen LogP contribution in [0.2, 0.25) is 0 Å². The third-order valence-electron chi connectivity index (χ3n) is 5.28. The second-order valence-electron chi connectivity index (χ2n) is 7.80. The van der Waals surface area contributed by atoms with Crippen molar-refractivity contribution < 1.29 is 9.59 Å². The van der Waals surface area contributed by atoms with Gasteiger partial charge in [-0.15, -0.1) is 5.10 Å². The molecule has 33 heavy (non-hydrogen) atoms. The Morgan fingerprint density at radius 2 is 1.76 bits per heavy atom. The fourth-order valence-corrected chi connectivity index (χ4v) is 3.44. The van der Waals surface area contributed by atoms with E-state index < -0.39 is 0 Å². The predicted octanol–water partition coefficient (Wildman–Crippen LogP) is 2.39. The molecular weight excluding hydrogens is 422 g/mol. The van der Waals surface area contributed by atoms with Gasteiger partial charge in [0.1, 0.15) is 5.69 Å². The zero-order valence-electron chi connectivity index (χ0n) is 18.2. The number of carbonyl (C=O) groups excluding carboxylic acids is 2. The summed E-state index contributed by atoms with van der Waals surface area (Å²) in [5.74, 6) is 0.388. The molecule has 0 radical (unpaired) electrons. The van der Waals surface area contributed by atoms with Crippen molar-refractivity contribution in [3.8, 4) is 0 Å². The van der Waals surface area contributed by atoms with Gasteiger partial charge in [0.15, 0.2) is 23.0 Å². The van der Waals surface area contributed by atoms with E-state index in [0.717, 1.165) is 12.8 Å². The number of aryl methyl sites for hydroxylation is 1. The highest BCUT2D eigenvalue weighted by molar-refractivity contribution is 6.03. The van der Waals surface area contributed by atoms with Crippen molar-refractivity contribution in [2.24, 2.45) is 7.05 Å². The van der Waals surface area contributed by atoms with Crippen LogP contribution in [0.1, 0.15) is 33.8 Å². The molecule has 11 heteroatoms. The third-order valence-corrected chi connectivity index (χ3v) is 5.28. The predicted molar refractivity (Wildman–Crippen MR) is 124 cm³/mol. The average molecular weight is 445 g/mol. The van der Waals surface area contributed by atoms with E-state index >= 15 is 0 Å².